The van der Waals surface area contributed by atoms with Gasteiger partial charge in [-0.25, -0.2) is 0 Å². The van der Waals surface area contributed by atoms with Gasteiger partial charge in [-0.3, -0.25) is 0 Å². The van der Waals surface area contributed by atoms with Crippen LogP contribution in [0.4, 0.5) is 0 Å². The predicted octanol–water partition coefficient (Wildman–Crippen LogP) is 1.98. The third-order valence-corrected chi connectivity index (χ3v) is 6.12. The topological polar surface area (TPSA) is 52.9 Å². The summed E-state index contributed by atoms with van der Waals surface area (Å²) in [5.41, 5.74) is 0.709. The van der Waals surface area contributed by atoms with Crippen molar-refractivity contribution in [3.05, 3.63) is 35.4 Å². The zero-order valence-corrected chi connectivity index (χ0v) is 13.2. The maximum absolute atomic E-state index is 11.6. The number of aromatic hydroxyl groups is 1. The number of likely N-dealkylation sites (N-methyl/N-ethyl adjacent to an activating group) is 1. The van der Waals surface area contributed by atoms with Crippen molar-refractivity contribution in [3.63, 3.8) is 0 Å². The molecule has 3 aliphatic rings. The highest BCUT2D eigenvalue weighted by atomic mass is 16.5. The lowest BCUT2D eigenvalue weighted by molar-refractivity contribution is -0.132. The predicted molar refractivity (Wildman–Crippen MR) is 84.4 cm³/mol. The van der Waals surface area contributed by atoms with Crippen molar-refractivity contribution in [2.24, 2.45) is 0 Å². The third kappa shape index (κ3) is 1.49. The molecule has 0 aromatic heterocycles. The van der Waals surface area contributed by atoms with Crippen molar-refractivity contribution in [2.45, 2.75) is 42.7 Å². The van der Waals surface area contributed by atoms with E-state index in [0.29, 0.717) is 5.75 Å². The summed E-state index contributed by atoms with van der Waals surface area (Å²) >= 11 is 0. The Balaban J connectivity index is 2.03. The van der Waals surface area contributed by atoms with Crippen LogP contribution in [0.25, 0.3) is 0 Å². The number of phenols is 1. The van der Waals surface area contributed by atoms with E-state index in [-0.39, 0.29) is 11.8 Å². The van der Waals surface area contributed by atoms with Crippen molar-refractivity contribution in [1.29, 1.82) is 0 Å². The SMILES string of the molecule is COc1ccc2c(c1O)C13C=CCC[C@]1(O)[C@H](C2)N(C)CC3. The second-order valence-corrected chi connectivity index (χ2v) is 6.94. The molecule has 1 aliphatic heterocycles. The Bertz CT molecular complexity index is 656. The van der Waals surface area contributed by atoms with Gasteiger partial charge in [-0.2, -0.15) is 0 Å². The molecule has 2 N–H and O–H groups in total. The number of piperidine rings is 1. The summed E-state index contributed by atoms with van der Waals surface area (Å²) in [4.78, 5) is 2.28. The number of rotatable bonds is 1. The molecule has 1 saturated heterocycles. The summed E-state index contributed by atoms with van der Waals surface area (Å²) in [5, 5.41) is 22.4. The van der Waals surface area contributed by atoms with Crippen molar-refractivity contribution >= 4 is 0 Å². The first-order chi connectivity index (χ1) is 10.5. The van der Waals surface area contributed by atoms with Gasteiger partial charge in [0.1, 0.15) is 0 Å². The highest BCUT2D eigenvalue weighted by Gasteiger charge is 2.62. The summed E-state index contributed by atoms with van der Waals surface area (Å²) < 4.78 is 5.31. The van der Waals surface area contributed by atoms with Crippen LogP contribution in [0.5, 0.6) is 11.5 Å². The highest BCUT2D eigenvalue weighted by Crippen LogP contribution is 2.58. The van der Waals surface area contributed by atoms with Crippen LogP contribution >= 0.6 is 0 Å². The van der Waals surface area contributed by atoms with Gasteiger partial charge in [-0.05, 0) is 50.9 Å². The molecule has 0 spiro atoms. The van der Waals surface area contributed by atoms with Gasteiger partial charge in [0.05, 0.1) is 12.7 Å². The molecule has 4 heteroatoms. The zero-order chi connectivity index (χ0) is 15.5. The minimum absolute atomic E-state index is 0.103. The normalized spacial score (nSPS) is 36.6. The first-order valence-corrected chi connectivity index (χ1v) is 8.03. The molecular weight excluding hydrogens is 278 g/mol. The average molecular weight is 301 g/mol. The molecule has 2 aliphatic carbocycles. The standard InChI is InChI=1S/C18H23NO3/c1-19-10-9-17-7-3-4-8-18(17,21)14(19)11-12-5-6-13(22-2)16(20)15(12)17/h3,5-7,14,20-21H,4,8-11H2,1-2H3/t14-,17?,18-/m0/s1. The van der Waals surface area contributed by atoms with Gasteiger partial charge in [-0.15, -0.1) is 0 Å². The van der Waals surface area contributed by atoms with Gasteiger partial charge in [-0.1, -0.05) is 18.2 Å². The van der Waals surface area contributed by atoms with E-state index in [0.717, 1.165) is 43.4 Å². The maximum Gasteiger partial charge on any atom is 0.162 e. The monoisotopic (exact) mass is 301 g/mol. The van der Waals surface area contributed by atoms with Crippen LogP contribution in [-0.2, 0) is 11.8 Å². The van der Waals surface area contributed by atoms with Crippen molar-refractivity contribution in [1.82, 2.24) is 4.90 Å². The van der Waals surface area contributed by atoms with Crippen LogP contribution < -0.4 is 4.74 Å². The summed E-state index contributed by atoms with van der Waals surface area (Å²) in [6.07, 6.45) is 7.53. The Morgan fingerprint density at radius 2 is 2.14 bits per heavy atom. The van der Waals surface area contributed by atoms with Crippen LogP contribution in [0.2, 0.25) is 0 Å². The molecule has 4 nitrogen and oxygen atoms in total. The highest BCUT2D eigenvalue weighted by molar-refractivity contribution is 5.60. The summed E-state index contributed by atoms with van der Waals surface area (Å²) in [5.74, 6) is 0.694. The van der Waals surface area contributed by atoms with E-state index in [1.807, 2.05) is 12.1 Å². The molecule has 118 valence electrons. The van der Waals surface area contributed by atoms with E-state index in [1.165, 1.54) is 0 Å². The smallest absolute Gasteiger partial charge is 0.162 e. The molecule has 22 heavy (non-hydrogen) atoms. The van der Waals surface area contributed by atoms with Gasteiger partial charge in [0.25, 0.3) is 0 Å². The molecule has 1 unspecified atom stereocenters. The summed E-state index contributed by atoms with van der Waals surface area (Å²) in [7, 11) is 3.67. The molecule has 1 aromatic carbocycles. The minimum Gasteiger partial charge on any atom is -0.504 e. The summed E-state index contributed by atoms with van der Waals surface area (Å²) in [6, 6.07) is 3.98. The second-order valence-electron chi connectivity index (χ2n) is 6.94. The number of ether oxygens (including phenoxy) is 1. The van der Waals surface area contributed by atoms with Crippen molar-refractivity contribution in [3.8, 4) is 11.5 Å². The van der Waals surface area contributed by atoms with E-state index >= 15 is 0 Å². The first-order valence-electron chi connectivity index (χ1n) is 8.03. The van der Waals surface area contributed by atoms with Gasteiger partial charge in [0.15, 0.2) is 11.5 Å². The number of aliphatic hydroxyl groups is 1. The molecular formula is C18H23NO3. The molecule has 0 radical (unpaired) electrons. The van der Waals surface area contributed by atoms with Crippen LogP contribution in [0, 0.1) is 0 Å². The molecule has 3 atom stereocenters. The number of allylic oxidation sites excluding steroid dienone is 1. The Morgan fingerprint density at radius 1 is 1.32 bits per heavy atom. The van der Waals surface area contributed by atoms with Crippen LogP contribution in [0.15, 0.2) is 24.3 Å². The van der Waals surface area contributed by atoms with Crippen molar-refractivity contribution < 1.29 is 14.9 Å². The lowest BCUT2D eigenvalue weighted by Gasteiger charge is -2.61. The number of methoxy groups -OCH3 is 1. The third-order valence-electron chi connectivity index (χ3n) is 6.12. The van der Waals surface area contributed by atoms with Gasteiger partial charge < -0.3 is 19.8 Å². The lowest BCUT2D eigenvalue weighted by Crippen LogP contribution is -2.70. The number of benzene rings is 1. The summed E-state index contributed by atoms with van der Waals surface area (Å²) in [6.45, 7) is 0.924. The lowest BCUT2D eigenvalue weighted by atomic mass is 9.51. The number of nitrogens with zero attached hydrogens (tertiary/aromatic N) is 1. The van der Waals surface area contributed by atoms with E-state index in [4.69, 9.17) is 4.74 Å². The average Bonchev–Trinajstić information content (AvgIpc) is 2.51. The molecule has 2 bridgehead atoms. The fourth-order valence-electron chi connectivity index (χ4n) is 5.00. The fourth-order valence-corrected chi connectivity index (χ4v) is 5.00. The van der Waals surface area contributed by atoms with Gasteiger partial charge >= 0.3 is 0 Å². The number of hydrogen-bond donors (Lipinski definition) is 2. The first kappa shape index (κ1) is 14.1. The number of hydrogen-bond acceptors (Lipinski definition) is 4. The van der Waals surface area contributed by atoms with Crippen LogP contribution in [0.1, 0.15) is 30.4 Å². The molecule has 0 saturated carbocycles. The van der Waals surface area contributed by atoms with Gasteiger partial charge in [0, 0.05) is 17.0 Å². The molecule has 1 aromatic rings. The molecule has 1 heterocycles. The Hall–Kier alpha value is -1.52. The molecule has 4 rings (SSSR count). The Labute approximate surface area is 131 Å². The quantitative estimate of drug-likeness (QED) is 0.779. The van der Waals surface area contributed by atoms with E-state index < -0.39 is 11.0 Å². The van der Waals surface area contributed by atoms with Crippen LogP contribution in [0.3, 0.4) is 0 Å². The molecule has 1 fully saturated rings. The minimum atomic E-state index is -0.814. The number of phenolic OH excluding ortho intramolecular Hbond substituents is 1. The fraction of sp³-hybridized carbons (Fsp3) is 0.556. The van der Waals surface area contributed by atoms with Crippen LogP contribution in [-0.4, -0.2) is 47.5 Å². The Kier molecular flexibility index (Phi) is 2.88. The Morgan fingerprint density at radius 3 is 2.91 bits per heavy atom. The van der Waals surface area contributed by atoms with E-state index in [9.17, 15) is 10.2 Å². The second kappa shape index (κ2) is 4.49. The van der Waals surface area contributed by atoms with Crippen molar-refractivity contribution in [2.75, 3.05) is 20.7 Å². The van der Waals surface area contributed by atoms with Gasteiger partial charge in [0.2, 0.25) is 0 Å². The van der Waals surface area contributed by atoms with E-state index in [1.54, 1.807) is 7.11 Å². The van der Waals surface area contributed by atoms with E-state index in [2.05, 4.69) is 24.1 Å². The number of fused-ring (bicyclic) bond motifs is 1. The largest absolute Gasteiger partial charge is 0.504 e. The number of likely N-dealkylation sites (tertiary alicyclic amines) is 1. The maximum atomic E-state index is 11.6. The zero-order valence-electron chi connectivity index (χ0n) is 13.2. The molecule has 0 amide bonds.